The number of pyridine rings is 1. The van der Waals surface area contributed by atoms with Gasteiger partial charge >= 0.3 is 0 Å². The van der Waals surface area contributed by atoms with Gasteiger partial charge in [-0.1, -0.05) is 24.3 Å². The van der Waals surface area contributed by atoms with Gasteiger partial charge < -0.3 is 9.64 Å². The van der Waals surface area contributed by atoms with Gasteiger partial charge in [0.25, 0.3) is 11.8 Å². The number of aliphatic imine (C=N–C) groups is 1. The van der Waals surface area contributed by atoms with E-state index in [0.29, 0.717) is 17.6 Å². The van der Waals surface area contributed by atoms with E-state index in [1.54, 1.807) is 36.5 Å². The lowest BCUT2D eigenvalue weighted by molar-refractivity contribution is -0.131. The van der Waals surface area contributed by atoms with Gasteiger partial charge in [-0.15, -0.1) is 0 Å². The number of hydrogen-bond donors (Lipinski definition) is 0. The summed E-state index contributed by atoms with van der Waals surface area (Å²) in [5.74, 6) is -3.20. The number of carbonyl (C=O) groups excluding carboxylic acids is 1. The lowest BCUT2D eigenvalue weighted by Gasteiger charge is -2.38. The van der Waals surface area contributed by atoms with Crippen LogP contribution in [0, 0.1) is 0 Å². The van der Waals surface area contributed by atoms with Crippen LogP contribution < -0.4 is 4.74 Å². The van der Waals surface area contributed by atoms with E-state index >= 15 is 0 Å². The SMILES string of the molecule is O=C(c1ccc2c(c1)CN=C2)N1CCC(F)(F)[C@@H](Oc2ccc3ccccc3n2)C1. The zero-order chi connectivity index (χ0) is 20.7. The zero-order valence-electron chi connectivity index (χ0n) is 16.1. The van der Waals surface area contributed by atoms with Crippen LogP contribution in [0.2, 0.25) is 0 Å². The number of alkyl halides is 2. The Kier molecular flexibility index (Phi) is 4.46. The number of ether oxygens (including phenoxy) is 1. The predicted octanol–water partition coefficient (Wildman–Crippen LogP) is 4.10. The number of likely N-dealkylation sites (tertiary alicyclic amines) is 1. The topological polar surface area (TPSA) is 54.8 Å². The van der Waals surface area contributed by atoms with E-state index in [1.807, 2.05) is 24.3 Å². The minimum atomic E-state index is -3.05. The second-order valence-corrected chi connectivity index (χ2v) is 7.59. The van der Waals surface area contributed by atoms with Crippen LogP contribution in [0.1, 0.15) is 27.9 Å². The van der Waals surface area contributed by atoms with Crippen molar-refractivity contribution in [1.82, 2.24) is 9.88 Å². The lowest BCUT2D eigenvalue weighted by atomic mass is 10.0. The molecule has 5 rings (SSSR count). The molecule has 2 aliphatic rings. The molecule has 0 unspecified atom stereocenters. The van der Waals surface area contributed by atoms with Crippen molar-refractivity contribution in [2.45, 2.75) is 25.0 Å². The Morgan fingerprint density at radius 3 is 2.90 bits per heavy atom. The summed E-state index contributed by atoms with van der Waals surface area (Å²) in [6.07, 6.45) is -0.141. The van der Waals surface area contributed by atoms with Crippen molar-refractivity contribution >= 4 is 23.0 Å². The molecule has 1 saturated heterocycles. The first-order valence-corrected chi connectivity index (χ1v) is 9.82. The first-order valence-electron chi connectivity index (χ1n) is 9.82. The first kappa shape index (κ1) is 18.7. The highest BCUT2D eigenvalue weighted by Crippen LogP contribution is 2.32. The van der Waals surface area contributed by atoms with Crippen LogP contribution in [0.5, 0.6) is 5.88 Å². The largest absolute Gasteiger partial charge is 0.466 e. The Morgan fingerprint density at radius 2 is 2.00 bits per heavy atom. The predicted molar refractivity (Wildman–Crippen MR) is 109 cm³/mol. The van der Waals surface area contributed by atoms with Crippen LogP contribution in [0.3, 0.4) is 0 Å². The molecule has 3 heterocycles. The third-order valence-electron chi connectivity index (χ3n) is 5.58. The number of piperidine rings is 1. The summed E-state index contributed by atoms with van der Waals surface area (Å²) in [4.78, 5) is 22.9. The smallest absolute Gasteiger partial charge is 0.287 e. The van der Waals surface area contributed by atoms with E-state index in [-0.39, 0.29) is 24.9 Å². The highest BCUT2D eigenvalue weighted by Gasteiger charge is 2.47. The number of fused-ring (bicyclic) bond motifs is 2. The fraction of sp³-hybridized carbons (Fsp3) is 0.261. The van der Waals surface area contributed by atoms with Crippen molar-refractivity contribution in [3.05, 3.63) is 71.3 Å². The standard InChI is InChI=1S/C23H19F2N3O2/c24-23(25)9-10-28(22(29)16-5-6-17-12-26-13-18(17)11-16)14-20(23)30-21-8-7-15-3-1-2-4-19(15)27-21/h1-8,11-12,20H,9-10,13-14H2/t20-/m0/s1. The summed E-state index contributed by atoms with van der Waals surface area (Å²) < 4.78 is 34.8. The van der Waals surface area contributed by atoms with Crippen molar-refractivity contribution in [1.29, 1.82) is 0 Å². The molecule has 0 spiro atoms. The normalized spacial score (nSPS) is 19.7. The molecule has 1 fully saturated rings. The monoisotopic (exact) mass is 407 g/mol. The number of aromatic nitrogens is 1. The van der Waals surface area contributed by atoms with Gasteiger partial charge in [0, 0.05) is 36.2 Å². The molecular weight excluding hydrogens is 388 g/mol. The summed E-state index contributed by atoms with van der Waals surface area (Å²) >= 11 is 0. The van der Waals surface area contributed by atoms with Gasteiger partial charge in [-0.05, 0) is 35.4 Å². The number of nitrogens with zero attached hydrogens (tertiary/aromatic N) is 3. The molecule has 2 aromatic carbocycles. The number of carbonyl (C=O) groups is 1. The van der Waals surface area contributed by atoms with Crippen LogP contribution >= 0.6 is 0 Å². The van der Waals surface area contributed by atoms with Crippen molar-refractivity contribution in [3.63, 3.8) is 0 Å². The molecule has 0 bridgehead atoms. The maximum Gasteiger partial charge on any atom is 0.287 e. The van der Waals surface area contributed by atoms with Crippen molar-refractivity contribution in [3.8, 4) is 5.88 Å². The van der Waals surface area contributed by atoms with Gasteiger partial charge in [0.1, 0.15) is 0 Å². The Hall–Kier alpha value is -3.35. The molecule has 152 valence electrons. The fourth-order valence-electron chi connectivity index (χ4n) is 3.86. The highest BCUT2D eigenvalue weighted by molar-refractivity contribution is 5.96. The number of amides is 1. The summed E-state index contributed by atoms with van der Waals surface area (Å²) in [6, 6.07) is 16.1. The molecule has 0 N–H and O–H groups in total. The van der Waals surface area contributed by atoms with Crippen molar-refractivity contribution in [2.75, 3.05) is 13.1 Å². The molecule has 3 aromatic rings. The average Bonchev–Trinajstić information content (AvgIpc) is 3.22. The van der Waals surface area contributed by atoms with Gasteiger partial charge in [-0.3, -0.25) is 9.79 Å². The van der Waals surface area contributed by atoms with E-state index in [0.717, 1.165) is 16.5 Å². The van der Waals surface area contributed by atoms with E-state index in [4.69, 9.17) is 4.74 Å². The van der Waals surface area contributed by atoms with Crippen molar-refractivity contribution in [2.24, 2.45) is 4.99 Å². The first-order chi connectivity index (χ1) is 14.5. The molecule has 5 nitrogen and oxygen atoms in total. The second-order valence-electron chi connectivity index (χ2n) is 7.59. The quantitative estimate of drug-likeness (QED) is 0.657. The molecule has 7 heteroatoms. The van der Waals surface area contributed by atoms with E-state index in [1.165, 1.54) is 4.90 Å². The molecule has 0 radical (unpaired) electrons. The zero-order valence-corrected chi connectivity index (χ0v) is 16.1. The molecule has 1 amide bonds. The minimum absolute atomic E-state index is 0.0234. The summed E-state index contributed by atoms with van der Waals surface area (Å²) in [5, 5.41) is 0.901. The van der Waals surface area contributed by atoms with Gasteiger partial charge in [-0.2, -0.15) is 0 Å². The van der Waals surface area contributed by atoms with Crippen LogP contribution in [-0.2, 0) is 6.54 Å². The second kappa shape index (κ2) is 7.16. The van der Waals surface area contributed by atoms with Gasteiger partial charge in [0.05, 0.1) is 18.6 Å². The molecule has 1 atom stereocenters. The number of halogens is 2. The van der Waals surface area contributed by atoms with Crippen molar-refractivity contribution < 1.29 is 18.3 Å². The van der Waals surface area contributed by atoms with Crippen LogP contribution in [0.15, 0.2) is 59.6 Å². The van der Waals surface area contributed by atoms with Crippen LogP contribution in [0.4, 0.5) is 8.78 Å². The number of hydrogen-bond acceptors (Lipinski definition) is 4. The average molecular weight is 407 g/mol. The van der Waals surface area contributed by atoms with Gasteiger partial charge in [0.2, 0.25) is 5.88 Å². The Labute approximate surface area is 172 Å². The number of benzene rings is 2. The molecule has 1 aromatic heterocycles. The highest BCUT2D eigenvalue weighted by atomic mass is 19.3. The van der Waals surface area contributed by atoms with Gasteiger partial charge in [-0.25, -0.2) is 13.8 Å². The lowest BCUT2D eigenvalue weighted by Crippen LogP contribution is -2.55. The third kappa shape index (κ3) is 3.40. The number of para-hydroxylation sites is 1. The third-order valence-corrected chi connectivity index (χ3v) is 5.58. The Bertz CT molecular complexity index is 1160. The Morgan fingerprint density at radius 1 is 1.13 bits per heavy atom. The molecule has 30 heavy (non-hydrogen) atoms. The maximum atomic E-state index is 14.6. The molecule has 0 saturated carbocycles. The number of rotatable bonds is 3. The Balaban J connectivity index is 1.36. The fourth-order valence-corrected chi connectivity index (χ4v) is 3.86. The summed E-state index contributed by atoms with van der Waals surface area (Å²) in [7, 11) is 0. The van der Waals surface area contributed by atoms with Gasteiger partial charge in [0.15, 0.2) is 6.10 Å². The summed E-state index contributed by atoms with van der Waals surface area (Å²) in [5.41, 5.74) is 3.10. The molecule has 2 aliphatic heterocycles. The van der Waals surface area contributed by atoms with E-state index in [2.05, 4.69) is 9.98 Å². The van der Waals surface area contributed by atoms with E-state index in [9.17, 15) is 13.6 Å². The van der Waals surface area contributed by atoms with Crippen LogP contribution in [0.25, 0.3) is 10.9 Å². The van der Waals surface area contributed by atoms with E-state index < -0.39 is 18.4 Å². The maximum absolute atomic E-state index is 14.6. The molecular formula is C23H19F2N3O2. The minimum Gasteiger partial charge on any atom is -0.466 e. The summed E-state index contributed by atoms with van der Waals surface area (Å²) in [6.45, 7) is 0.312. The molecule has 0 aliphatic carbocycles. The van der Waals surface area contributed by atoms with Crippen LogP contribution in [-0.4, -0.2) is 47.1 Å².